The van der Waals surface area contributed by atoms with Crippen molar-refractivity contribution in [1.29, 1.82) is 0 Å². The zero-order valence-corrected chi connectivity index (χ0v) is 10.1. The molecule has 0 atom stereocenters. The van der Waals surface area contributed by atoms with Gasteiger partial charge in [-0.15, -0.1) is 35.4 Å². The first-order valence-electron chi connectivity index (χ1n) is 4.40. The van der Waals surface area contributed by atoms with Crippen LogP contribution in [0.1, 0.15) is 5.56 Å². The van der Waals surface area contributed by atoms with E-state index in [2.05, 4.69) is 37.3 Å². The molecule has 0 nitrogen and oxygen atoms in total. The third-order valence-corrected chi connectivity index (χ3v) is 2.05. The SMILES string of the molecule is Cc1c[c-]c(-c2ccccc2)cc1.[No]. The summed E-state index contributed by atoms with van der Waals surface area (Å²) in [6.07, 6.45) is 0. The van der Waals surface area contributed by atoms with E-state index in [1.807, 2.05) is 24.3 Å². The van der Waals surface area contributed by atoms with Gasteiger partial charge in [-0.3, -0.25) is 0 Å². The summed E-state index contributed by atoms with van der Waals surface area (Å²) in [6, 6.07) is 19.8. The third kappa shape index (κ3) is 1.78. The average Bonchev–Trinajstić information content (AvgIpc) is 2.20. The van der Waals surface area contributed by atoms with Gasteiger partial charge in [0, 0.05) is 0 Å². The maximum atomic E-state index is 3.25. The van der Waals surface area contributed by atoms with E-state index < -0.39 is 0 Å². The quantitative estimate of drug-likeness (QED) is 0.613. The summed E-state index contributed by atoms with van der Waals surface area (Å²) in [5, 5.41) is 0. The van der Waals surface area contributed by atoms with Crippen molar-refractivity contribution in [3.05, 3.63) is 60.2 Å². The molecular formula is C13H11No-. The number of rotatable bonds is 1. The van der Waals surface area contributed by atoms with Crippen molar-refractivity contribution in [2.45, 2.75) is 6.92 Å². The summed E-state index contributed by atoms with van der Waals surface area (Å²) in [5.74, 6) is 0. The van der Waals surface area contributed by atoms with Crippen LogP contribution in [0, 0.1) is 13.0 Å². The fourth-order valence-corrected chi connectivity index (χ4v) is 1.30. The molecule has 14 heavy (non-hydrogen) atoms. The van der Waals surface area contributed by atoms with Gasteiger partial charge in [-0.1, -0.05) is 42.8 Å². The molecule has 2 rings (SSSR count). The van der Waals surface area contributed by atoms with Crippen LogP contribution in [0.5, 0.6) is 0 Å². The van der Waals surface area contributed by atoms with Gasteiger partial charge in [-0.2, -0.15) is 0 Å². The van der Waals surface area contributed by atoms with Crippen molar-refractivity contribution in [2.24, 2.45) is 0 Å². The van der Waals surface area contributed by atoms with Crippen LogP contribution < -0.4 is 0 Å². The molecule has 1 heteroatoms. The summed E-state index contributed by atoms with van der Waals surface area (Å²) in [7, 11) is 0. The Kier molecular flexibility index (Phi) is 2.66. The zero-order valence-electron chi connectivity index (χ0n) is 7.89. The van der Waals surface area contributed by atoms with E-state index in [1.54, 1.807) is 0 Å². The van der Waals surface area contributed by atoms with Crippen molar-refractivity contribution >= 4 is 0 Å². The van der Waals surface area contributed by atoms with Gasteiger partial charge in [-0.05, 0) is 0 Å². The van der Waals surface area contributed by atoms with E-state index in [-0.39, 0.29) is 0 Å². The van der Waals surface area contributed by atoms with E-state index in [9.17, 15) is 0 Å². The molecule has 0 fully saturated rings. The molecule has 0 aliphatic heterocycles. The van der Waals surface area contributed by atoms with Gasteiger partial charge < -0.3 is 0 Å². The molecule has 0 amide bonds. The van der Waals surface area contributed by atoms with E-state index in [0.29, 0.717) is 0 Å². The van der Waals surface area contributed by atoms with Gasteiger partial charge in [-0.25, -0.2) is 0 Å². The molecule has 0 saturated heterocycles. The van der Waals surface area contributed by atoms with Crippen LogP contribution in [0.2, 0.25) is 0 Å². The first kappa shape index (κ1) is 9.53. The molecular weight excluding hydrogens is 415 g/mol. The molecule has 0 unspecified atom stereocenters. The minimum atomic E-state index is 0. The Labute approximate surface area is 78.9 Å². The normalized spacial score (nSPS) is 9.21. The molecule has 0 radical (unpaired) electrons. The zero-order chi connectivity index (χ0) is 9.10. The fourth-order valence-electron chi connectivity index (χ4n) is 1.30. The number of hydrogen-bond acceptors (Lipinski definition) is 0. The first-order valence-corrected chi connectivity index (χ1v) is 4.40. The molecule has 0 spiro atoms. The Balaban J connectivity index is 0.000000980. The number of hydrogen-bond donors (Lipinski definition) is 0. The monoisotopic (exact) mass is 426 g/mol. The summed E-state index contributed by atoms with van der Waals surface area (Å²) in [5.41, 5.74) is 3.63. The van der Waals surface area contributed by atoms with Crippen molar-refractivity contribution in [1.82, 2.24) is 0 Å². The van der Waals surface area contributed by atoms with Crippen molar-refractivity contribution in [3.63, 3.8) is 0 Å². The summed E-state index contributed by atoms with van der Waals surface area (Å²) < 4.78 is 0. The Morgan fingerprint density at radius 1 is 0.929 bits per heavy atom. The fraction of sp³-hybridized carbons (Fsp3) is 0.0769. The molecule has 0 bridgehead atoms. The maximum absolute atomic E-state index is 3.25. The maximum Gasteiger partial charge on any atom is 0 e. The number of aryl methyl sites for hydroxylation is 1. The largest absolute Gasteiger partial charge is 0.144 e. The van der Waals surface area contributed by atoms with E-state index >= 15 is 0 Å². The van der Waals surface area contributed by atoms with Gasteiger partial charge >= 0.3 is 0 Å². The van der Waals surface area contributed by atoms with Crippen LogP contribution in [0.15, 0.2) is 48.5 Å². The summed E-state index contributed by atoms with van der Waals surface area (Å²) >= 11 is 0. The van der Waals surface area contributed by atoms with Gasteiger partial charge in [0.05, 0.1) is 0 Å². The van der Waals surface area contributed by atoms with Gasteiger partial charge in [0.1, 0.15) is 0 Å². The van der Waals surface area contributed by atoms with E-state index in [0.717, 1.165) is 5.56 Å². The Bertz CT molecular complexity index is 376. The van der Waals surface area contributed by atoms with Gasteiger partial charge in [0.15, 0.2) is 0 Å². The Hall–Kier alpha value is -2.56. The van der Waals surface area contributed by atoms with Crippen LogP contribution in [0.3, 0.4) is 0 Å². The molecule has 0 heterocycles. The second-order valence-corrected chi connectivity index (χ2v) is 3.15. The van der Waals surface area contributed by atoms with Gasteiger partial charge in [0.2, 0.25) is 0 Å². The van der Waals surface area contributed by atoms with E-state index in [1.165, 1.54) is 11.1 Å². The minimum Gasteiger partial charge on any atom is -0.144 e. The van der Waals surface area contributed by atoms with Crippen LogP contribution in [0.25, 0.3) is 11.1 Å². The predicted molar refractivity (Wildman–Crippen MR) is 55.5 cm³/mol. The second kappa shape index (κ2) is 3.90. The average molecular weight is 426 g/mol. The molecule has 0 N–H and O–H groups in total. The van der Waals surface area contributed by atoms with E-state index in [4.69, 9.17) is 0 Å². The van der Waals surface area contributed by atoms with Crippen LogP contribution in [0.4, 0.5) is 0 Å². The summed E-state index contributed by atoms with van der Waals surface area (Å²) in [6.45, 7) is 2.07. The second-order valence-electron chi connectivity index (χ2n) is 3.15. The topological polar surface area (TPSA) is 0 Å². The molecule has 0 saturated carbocycles. The Morgan fingerprint density at radius 2 is 1.64 bits per heavy atom. The molecule has 0 aliphatic rings. The van der Waals surface area contributed by atoms with Crippen LogP contribution in [-0.4, -0.2) is 0 Å². The third-order valence-electron chi connectivity index (χ3n) is 2.05. The molecule has 2 aromatic carbocycles. The molecule has 0 aliphatic carbocycles. The molecule has 2 aromatic rings. The minimum absolute atomic E-state index is 0. The van der Waals surface area contributed by atoms with Crippen molar-refractivity contribution in [2.75, 3.05) is 0 Å². The predicted octanol–water partition coefficient (Wildman–Crippen LogP) is 3.46. The van der Waals surface area contributed by atoms with Gasteiger partial charge in [0.25, 0.3) is 0 Å². The molecule has 0 aromatic heterocycles. The van der Waals surface area contributed by atoms with Crippen molar-refractivity contribution < 1.29 is 0 Å². The van der Waals surface area contributed by atoms with Crippen LogP contribution in [-0.2, 0) is 0 Å². The van der Waals surface area contributed by atoms with Crippen LogP contribution >= 0.6 is 0 Å². The first-order chi connectivity index (χ1) is 6.36. The summed E-state index contributed by atoms with van der Waals surface area (Å²) in [4.78, 5) is 0. The van der Waals surface area contributed by atoms with Crippen molar-refractivity contribution in [3.8, 4) is 11.1 Å². The molecule has 78 valence electrons. The standard InChI is InChI=1S/C13H11.No/c1-11-7-9-13(10-8-11)12-5-3-2-4-6-12;/h2-9H,1H3;/q-1;. The Morgan fingerprint density at radius 3 is 2.21 bits per heavy atom. The smallest absolute Gasteiger partial charge is 0 e. The number of benzene rings is 2.